The monoisotopic (exact) mass is 521 g/mol. The summed E-state index contributed by atoms with van der Waals surface area (Å²) >= 11 is 6.88. The Bertz CT molecular complexity index is 1030. The summed E-state index contributed by atoms with van der Waals surface area (Å²) in [5, 5.41) is 0. The van der Waals surface area contributed by atoms with Crippen LogP contribution in [0.4, 0.5) is 4.79 Å². The van der Waals surface area contributed by atoms with Crippen molar-refractivity contribution in [3.05, 3.63) is 35.9 Å². The molecule has 0 aromatic heterocycles. The Morgan fingerprint density at radius 3 is 2.58 bits per heavy atom. The van der Waals surface area contributed by atoms with Crippen molar-refractivity contribution < 1.29 is 38.1 Å². The summed E-state index contributed by atoms with van der Waals surface area (Å²) in [6, 6.07) is 9.37. The average molecular weight is 522 g/mol. The molecule has 4 aliphatic rings. The van der Waals surface area contributed by atoms with Crippen molar-refractivity contribution in [3.63, 3.8) is 0 Å². The molecular formula is C26H32ClNO8. The van der Waals surface area contributed by atoms with Crippen molar-refractivity contribution in [1.29, 1.82) is 0 Å². The zero-order chi connectivity index (χ0) is 25.7. The second-order valence-electron chi connectivity index (χ2n) is 10.6. The molecule has 2 heterocycles. The number of alkyl halides is 1. The van der Waals surface area contributed by atoms with E-state index in [1.54, 1.807) is 0 Å². The Morgan fingerprint density at radius 1 is 1.14 bits per heavy atom. The van der Waals surface area contributed by atoms with Gasteiger partial charge in [0, 0.05) is 7.11 Å². The predicted octanol–water partition coefficient (Wildman–Crippen LogP) is 3.27. The molecule has 10 heteroatoms. The van der Waals surface area contributed by atoms with Gasteiger partial charge in [-0.15, -0.1) is 0 Å². The lowest BCUT2D eigenvalue weighted by Crippen LogP contribution is -2.60. The molecule has 6 atom stereocenters. The number of esters is 1. The maximum Gasteiger partial charge on any atom is 0.419 e. The van der Waals surface area contributed by atoms with E-state index >= 15 is 0 Å². The van der Waals surface area contributed by atoms with Gasteiger partial charge in [-0.1, -0.05) is 55.8 Å². The fourth-order valence-electron chi connectivity index (χ4n) is 6.65. The number of amides is 2. The summed E-state index contributed by atoms with van der Waals surface area (Å²) in [6.45, 7) is 4.01. The first-order valence-corrected chi connectivity index (χ1v) is 12.7. The van der Waals surface area contributed by atoms with Crippen molar-refractivity contribution in [2.24, 2.45) is 16.7 Å². The van der Waals surface area contributed by atoms with E-state index in [0.717, 1.165) is 16.9 Å². The third-order valence-electron chi connectivity index (χ3n) is 8.74. The van der Waals surface area contributed by atoms with Gasteiger partial charge >= 0.3 is 12.1 Å². The number of ether oxygens (including phenoxy) is 5. The quantitative estimate of drug-likeness (QED) is 0.430. The second-order valence-corrected chi connectivity index (χ2v) is 11.3. The largest absolute Gasteiger partial charge is 0.462 e. The van der Waals surface area contributed by atoms with Gasteiger partial charge in [-0.2, -0.15) is 0 Å². The molecule has 2 aliphatic heterocycles. The summed E-state index contributed by atoms with van der Waals surface area (Å²) < 4.78 is 28.7. The van der Waals surface area contributed by atoms with E-state index in [4.69, 9.17) is 35.3 Å². The summed E-state index contributed by atoms with van der Waals surface area (Å²) in [7, 11) is 1.35. The first-order valence-electron chi connectivity index (χ1n) is 12.3. The van der Waals surface area contributed by atoms with Crippen LogP contribution in [0.3, 0.4) is 0 Å². The minimum atomic E-state index is -1.94. The molecule has 36 heavy (non-hydrogen) atoms. The second kappa shape index (κ2) is 9.28. The number of carbonyl (C=O) groups excluding carboxylic acids is 3. The molecule has 1 aromatic carbocycles. The number of hydrogen-bond acceptors (Lipinski definition) is 8. The number of methoxy groups -OCH3 is 1. The Balaban J connectivity index is 1.48. The first-order chi connectivity index (χ1) is 17.2. The number of carbonyl (C=O) groups is 3. The maximum atomic E-state index is 14.2. The number of halogens is 1. The Kier molecular flexibility index (Phi) is 6.56. The van der Waals surface area contributed by atoms with E-state index in [-0.39, 0.29) is 32.3 Å². The summed E-state index contributed by atoms with van der Waals surface area (Å²) in [4.78, 5) is 39.7. The standard InChI is InChI=1S/C26H32ClNO8/c1-24(2)17-9-10-25(24)18(13-17)34-11-12-35-22(30)26(27,15-33-14-16-7-5-4-6-8-16)19-20(32-3)28(21(25)29)23(31)36-19/h4-8,17-20H,9-15H2,1-3H3/t17-,18-,19+,20-,25+,26?/m0/s1. The van der Waals surface area contributed by atoms with Crippen LogP contribution in [0.15, 0.2) is 30.3 Å². The molecular weight excluding hydrogens is 490 g/mol. The minimum Gasteiger partial charge on any atom is -0.462 e. The Hall–Kier alpha value is -2.20. The molecule has 9 nitrogen and oxygen atoms in total. The van der Waals surface area contributed by atoms with Crippen LogP contribution in [-0.2, 0) is 39.9 Å². The van der Waals surface area contributed by atoms with Crippen LogP contribution < -0.4 is 0 Å². The van der Waals surface area contributed by atoms with E-state index < -0.39 is 52.1 Å². The lowest BCUT2D eigenvalue weighted by molar-refractivity contribution is -0.174. The van der Waals surface area contributed by atoms with Gasteiger partial charge in [0.15, 0.2) is 12.3 Å². The Labute approximate surface area is 215 Å². The Morgan fingerprint density at radius 2 is 1.89 bits per heavy atom. The van der Waals surface area contributed by atoms with E-state index in [2.05, 4.69) is 13.8 Å². The van der Waals surface area contributed by atoms with Crippen molar-refractivity contribution in [2.75, 3.05) is 26.9 Å². The fraction of sp³-hybridized carbons (Fsp3) is 0.654. The highest BCUT2D eigenvalue weighted by molar-refractivity contribution is 6.35. The van der Waals surface area contributed by atoms with Gasteiger partial charge in [-0.25, -0.2) is 14.5 Å². The van der Waals surface area contributed by atoms with E-state index in [9.17, 15) is 14.4 Å². The molecule has 5 rings (SSSR count). The fourth-order valence-corrected chi connectivity index (χ4v) is 6.93. The molecule has 2 amide bonds. The number of cyclic esters (lactones) is 1. The van der Waals surface area contributed by atoms with E-state index in [1.807, 2.05) is 30.3 Å². The summed E-state index contributed by atoms with van der Waals surface area (Å²) in [5.74, 6) is -0.971. The number of benzene rings is 1. The van der Waals surface area contributed by atoms with Crippen LogP contribution >= 0.6 is 11.6 Å². The number of imide groups is 1. The number of hydrogen-bond donors (Lipinski definition) is 0. The number of fused-ring (bicyclic) bond motifs is 3. The normalized spacial score (nSPS) is 37.7. The molecule has 1 aromatic rings. The van der Waals surface area contributed by atoms with Crippen molar-refractivity contribution in [1.82, 2.24) is 4.90 Å². The van der Waals surface area contributed by atoms with Crippen molar-refractivity contribution in [3.8, 4) is 0 Å². The third kappa shape index (κ3) is 3.66. The molecule has 2 aliphatic carbocycles. The number of rotatable bonds is 5. The lowest BCUT2D eigenvalue weighted by atomic mass is 9.67. The third-order valence-corrected chi connectivity index (χ3v) is 9.21. The van der Waals surface area contributed by atoms with E-state index in [1.165, 1.54) is 7.11 Å². The zero-order valence-corrected chi connectivity index (χ0v) is 21.5. The first kappa shape index (κ1) is 25.4. The molecule has 1 spiro atoms. The average Bonchev–Trinajstić information content (AvgIpc) is 3.42. The van der Waals surface area contributed by atoms with Crippen LogP contribution in [0, 0.1) is 16.7 Å². The summed E-state index contributed by atoms with van der Waals surface area (Å²) in [5.41, 5.74) is -0.450. The lowest BCUT2D eigenvalue weighted by Gasteiger charge is -2.43. The number of nitrogens with zero attached hydrogens (tertiary/aromatic N) is 1. The van der Waals surface area contributed by atoms with Crippen molar-refractivity contribution in [2.45, 2.75) is 63.0 Å². The molecule has 196 valence electrons. The van der Waals surface area contributed by atoms with Crippen LogP contribution in [-0.4, -0.2) is 73.1 Å². The topological polar surface area (TPSA) is 101 Å². The van der Waals surface area contributed by atoms with Crippen molar-refractivity contribution >= 4 is 29.6 Å². The van der Waals surface area contributed by atoms with Crippen LogP contribution in [0.1, 0.15) is 38.7 Å². The van der Waals surface area contributed by atoms with Crippen LogP contribution in [0.25, 0.3) is 0 Å². The SMILES string of the molecule is CO[C@H]1[C@H]2OC(=O)N1C(=O)[C@@]13CC[C@@H](C[C@@H]1OCCOC(=O)C2(Cl)COCc1ccccc1)C3(C)C. The van der Waals surface area contributed by atoms with E-state index in [0.29, 0.717) is 12.8 Å². The van der Waals surface area contributed by atoms with Gasteiger partial charge in [-0.3, -0.25) is 4.79 Å². The van der Waals surface area contributed by atoms with Gasteiger partial charge in [0.2, 0.25) is 10.8 Å². The van der Waals surface area contributed by atoms with Gasteiger partial charge in [0.05, 0.1) is 31.3 Å². The predicted molar refractivity (Wildman–Crippen MR) is 127 cm³/mol. The molecule has 2 saturated heterocycles. The van der Waals surface area contributed by atoms with Crippen LogP contribution in [0.5, 0.6) is 0 Å². The molecule has 4 fully saturated rings. The smallest absolute Gasteiger partial charge is 0.419 e. The van der Waals surface area contributed by atoms with Gasteiger partial charge in [0.1, 0.15) is 6.61 Å². The maximum absolute atomic E-state index is 14.2. The highest BCUT2D eigenvalue weighted by Gasteiger charge is 2.72. The van der Waals surface area contributed by atoms with Crippen LogP contribution in [0.2, 0.25) is 0 Å². The van der Waals surface area contributed by atoms with Gasteiger partial charge < -0.3 is 23.7 Å². The molecule has 4 bridgehead atoms. The molecule has 2 saturated carbocycles. The highest BCUT2D eigenvalue weighted by atomic mass is 35.5. The molecule has 0 N–H and O–H groups in total. The zero-order valence-electron chi connectivity index (χ0n) is 20.7. The minimum absolute atomic E-state index is 0.0557. The highest BCUT2D eigenvalue weighted by Crippen LogP contribution is 2.67. The van der Waals surface area contributed by atoms with Gasteiger partial charge in [0.25, 0.3) is 0 Å². The molecule has 1 unspecified atom stereocenters. The van der Waals surface area contributed by atoms with Gasteiger partial charge in [-0.05, 0) is 36.2 Å². The summed E-state index contributed by atoms with van der Waals surface area (Å²) in [6.07, 6.45) is -1.73. The molecule has 0 radical (unpaired) electrons.